The zero-order valence-electron chi connectivity index (χ0n) is 11.4. The molecule has 18 heavy (non-hydrogen) atoms. The normalized spacial score (nSPS) is 23.3. The van der Waals surface area contributed by atoms with E-state index in [1.54, 1.807) is 20.8 Å². The summed E-state index contributed by atoms with van der Waals surface area (Å²) in [6.45, 7) is 5.33. The quantitative estimate of drug-likeness (QED) is 0.606. The molecular formula is C13H21NO4. The van der Waals surface area contributed by atoms with Crippen LogP contribution in [-0.4, -0.2) is 30.3 Å². The fourth-order valence-corrected chi connectivity index (χ4v) is 1.88. The number of nitrogens with one attached hydrogen (secondary N) is 1. The lowest BCUT2D eigenvalue weighted by molar-refractivity contribution is -0.149. The van der Waals surface area contributed by atoms with E-state index in [4.69, 9.17) is 9.47 Å². The molecule has 102 valence electrons. The van der Waals surface area contributed by atoms with Gasteiger partial charge in [-0.3, -0.25) is 0 Å². The molecule has 0 aromatic carbocycles. The Bertz CT molecular complexity index is 356. The summed E-state index contributed by atoms with van der Waals surface area (Å²) in [6.07, 6.45) is 4.94. The summed E-state index contributed by atoms with van der Waals surface area (Å²) >= 11 is 0. The number of hydrogen-bond donors (Lipinski definition) is 1. The summed E-state index contributed by atoms with van der Waals surface area (Å²) in [5.41, 5.74) is -1.59. The summed E-state index contributed by atoms with van der Waals surface area (Å²) in [5.74, 6) is -0.433. The van der Waals surface area contributed by atoms with E-state index in [2.05, 4.69) is 5.32 Å². The fourth-order valence-electron chi connectivity index (χ4n) is 1.88. The molecule has 1 amide bonds. The summed E-state index contributed by atoms with van der Waals surface area (Å²) < 4.78 is 9.96. The van der Waals surface area contributed by atoms with E-state index in [1.807, 2.05) is 12.2 Å². The first-order valence-electron chi connectivity index (χ1n) is 6.04. The molecule has 1 N–H and O–H groups in total. The zero-order valence-corrected chi connectivity index (χ0v) is 11.4. The fraction of sp³-hybridized carbons (Fsp3) is 0.692. The van der Waals surface area contributed by atoms with Crippen molar-refractivity contribution in [3.8, 4) is 0 Å². The van der Waals surface area contributed by atoms with Gasteiger partial charge in [-0.15, -0.1) is 0 Å². The molecule has 1 aliphatic rings. The van der Waals surface area contributed by atoms with Crippen LogP contribution >= 0.6 is 0 Å². The molecule has 0 spiro atoms. The van der Waals surface area contributed by atoms with Crippen LogP contribution in [0.5, 0.6) is 0 Å². The first-order valence-corrected chi connectivity index (χ1v) is 6.04. The van der Waals surface area contributed by atoms with Crippen molar-refractivity contribution in [1.29, 1.82) is 0 Å². The van der Waals surface area contributed by atoms with Crippen LogP contribution in [0.2, 0.25) is 0 Å². The molecule has 0 aromatic heterocycles. The van der Waals surface area contributed by atoms with E-state index in [0.29, 0.717) is 12.8 Å². The van der Waals surface area contributed by atoms with Gasteiger partial charge in [0.1, 0.15) is 11.1 Å². The highest BCUT2D eigenvalue weighted by molar-refractivity contribution is 5.86. The Hall–Kier alpha value is -1.52. The number of amides is 1. The summed E-state index contributed by atoms with van der Waals surface area (Å²) in [6, 6.07) is 0. The number of ether oxygens (including phenoxy) is 2. The van der Waals surface area contributed by atoms with Crippen molar-refractivity contribution in [2.75, 3.05) is 7.11 Å². The van der Waals surface area contributed by atoms with Crippen LogP contribution in [0, 0.1) is 0 Å². The molecule has 1 aliphatic carbocycles. The topological polar surface area (TPSA) is 64.6 Å². The molecule has 0 heterocycles. The number of alkyl carbamates (subject to hydrolysis) is 1. The van der Waals surface area contributed by atoms with E-state index in [1.165, 1.54) is 7.11 Å². The minimum absolute atomic E-state index is 0.429. The predicted octanol–water partition coefficient (Wildman–Crippen LogP) is 2.16. The van der Waals surface area contributed by atoms with Gasteiger partial charge in [-0.25, -0.2) is 9.59 Å². The second kappa shape index (κ2) is 5.42. The van der Waals surface area contributed by atoms with Gasteiger partial charge in [0.15, 0.2) is 0 Å². The second-order valence-corrected chi connectivity index (χ2v) is 5.41. The Morgan fingerprint density at radius 1 is 1.28 bits per heavy atom. The predicted molar refractivity (Wildman–Crippen MR) is 67.1 cm³/mol. The molecule has 1 atom stereocenters. The van der Waals surface area contributed by atoms with Crippen molar-refractivity contribution in [1.82, 2.24) is 5.32 Å². The minimum Gasteiger partial charge on any atom is -0.467 e. The second-order valence-electron chi connectivity index (χ2n) is 5.41. The number of allylic oxidation sites excluding steroid dienone is 1. The van der Waals surface area contributed by atoms with E-state index in [-0.39, 0.29) is 0 Å². The number of carbonyl (C=O) groups excluding carboxylic acids is 2. The van der Waals surface area contributed by atoms with Crippen LogP contribution in [0.1, 0.15) is 40.0 Å². The number of rotatable bonds is 2. The van der Waals surface area contributed by atoms with E-state index in [0.717, 1.165) is 6.42 Å². The SMILES string of the molecule is COC(=O)[C@@]1(NC(=O)OC(C)(C)C)CC=CCC1. The Morgan fingerprint density at radius 2 is 1.94 bits per heavy atom. The summed E-state index contributed by atoms with van der Waals surface area (Å²) in [7, 11) is 1.32. The monoisotopic (exact) mass is 255 g/mol. The van der Waals surface area contributed by atoms with Crippen LogP contribution in [-0.2, 0) is 14.3 Å². The van der Waals surface area contributed by atoms with E-state index >= 15 is 0 Å². The lowest BCUT2D eigenvalue weighted by Crippen LogP contribution is -2.56. The van der Waals surface area contributed by atoms with Crippen molar-refractivity contribution in [2.24, 2.45) is 0 Å². The summed E-state index contributed by atoms with van der Waals surface area (Å²) in [4.78, 5) is 23.7. The van der Waals surface area contributed by atoms with Gasteiger partial charge in [-0.2, -0.15) is 0 Å². The van der Waals surface area contributed by atoms with Crippen molar-refractivity contribution in [2.45, 2.75) is 51.2 Å². The van der Waals surface area contributed by atoms with Crippen LogP contribution in [0.15, 0.2) is 12.2 Å². The summed E-state index contributed by atoms with van der Waals surface area (Å²) in [5, 5.41) is 2.65. The first kappa shape index (κ1) is 14.5. The smallest absolute Gasteiger partial charge is 0.408 e. The molecule has 0 aliphatic heterocycles. The third kappa shape index (κ3) is 3.75. The van der Waals surface area contributed by atoms with Crippen molar-refractivity contribution in [3.63, 3.8) is 0 Å². The van der Waals surface area contributed by atoms with Crippen molar-refractivity contribution < 1.29 is 19.1 Å². The molecule has 0 unspecified atom stereocenters. The van der Waals surface area contributed by atoms with Gasteiger partial charge in [0.05, 0.1) is 7.11 Å². The van der Waals surface area contributed by atoms with Gasteiger partial charge in [-0.05, 0) is 40.0 Å². The lowest BCUT2D eigenvalue weighted by atomic mass is 9.86. The lowest BCUT2D eigenvalue weighted by Gasteiger charge is -2.33. The molecule has 0 fully saturated rings. The maximum atomic E-state index is 11.9. The zero-order chi connectivity index (χ0) is 13.8. The standard InChI is InChI=1S/C13H21NO4/c1-12(2,3)18-11(16)14-13(10(15)17-4)8-6-5-7-9-13/h5-6H,7-9H2,1-4H3,(H,14,16)/t13-/m1/s1. The highest BCUT2D eigenvalue weighted by Gasteiger charge is 2.41. The van der Waals surface area contributed by atoms with Crippen LogP contribution in [0.25, 0.3) is 0 Å². The van der Waals surface area contributed by atoms with Crippen LogP contribution in [0.3, 0.4) is 0 Å². The van der Waals surface area contributed by atoms with Crippen molar-refractivity contribution >= 4 is 12.1 Å². The molecule has 5 heteroatoms. The largest absolute Gasteiger partial charge is 0.467 e. The van der Waals surface area contributed by atoms with Gasteiger partial charge < -0.3 is 14.8 Å². The first-order chi connectivity index (χ1) is 8.29. The molecule has 5 nitrogen and oxygen atoms in total. The van der Waals surface area contributed by atoms with Gasteiger partial charge in [-0.1, -0.05) is 12.2 Å². The highest BCUT2D eigenvalue weighted by atomic mass is 16.6. The molecular weight excluding hydrogens is 234 g/mol. The van der Waals surface area contributed by atoms with Crippen molar-refractivity contribution in [3.05, 3.63) is 12.2 Å². The number of hydrogen-bond acceptors (Lipinski definition) is 4. The maximum Gasteiger partial charge on any atom is 0.408 e. The molecule has 0 saturated carbocycles. The van der Waals surface area contributed by atoms with Crippen LogP contribution < -0.4 is 5.32 Å². The number of methoxy groups -OCH3 is 1. The van der Waals surface area contributed by atoms with E-state index < -0.39 is 23.2 Å². The molecule has 1 rings (SSSR count). The highest BCUT2D eigenvalue weighted by Crippen LogP contribution is 2.25. The number of carbonyl (C=O) groups is 2. The van der Waals surface area contributed by atoms with E-state index in [9.17, 15) is 9.59 Å². The molecule has 0 radical (unpaired) electrons. The van der Waals surface area contributed by atoms with Crippen LogP contribution in [0.4, 0.5) is 4.79 Å². The molecule has 0 saturated heterocycles. The van der Waals surface area contributed by atoms with Gasteiger partial charge in [0, 0.05) is 0 Å². The minimum atomic E-state index is -0.994. The third-order valence-corrected chi connectivity index (χ3v) is 2.69. The molecule has 0 bridgehead atoms. The average molecular weight is 255 g/mol. The Kier molecular flexibility index (Phi) is 4.38. The molecule has 0 aromatic rings. The van der Waals surface area contributed by atoms with Gasteiger partial charge in [0.25, 0.3) is 0 Å². The maximum absolute atomic E-state index is 11.9. The Morgan fingerprint density at radius 3 is 2.39 bits per heavy atom. The number of esters is 1. The third-order valence-electron chi connectivity index (χ3n) is 2.69. The average Bonchev–Trinajstić information content (AvgIpc) is 2.26. The van der Waals surface area contributed by atoms with Gasteiger partial charge >= 0.3 is 12.1 Å². The Balaban J connectivity index is 2.77. The Labute approximate surface area is 108 Å². The van der Waals surface area contributed by atoms with Gasteiger partial charge in [0.2, 0.25) is 0 Å².